The molecule has 4 aliphatic rings. The van der Waals surface area contributed by atoms with Gasteiger partial charge in [-0.2, -0.15) is 5.10 Å². The molecule has 2 aromatic carbocycles. The summed E-state index contributed by atoms with van der Waals surface area (Å²) in [6.45, 7) is 11.4. The molecular formula is C41H57FN8O4. The average molecular weight is 745 g/mol. The Kier molecular flexibility index (Phi) is 13.8. The third kappa shape index (κ3) is 10.3. The number of carbonyl (C=O) groups excluding carboxylic acids is 3. The molecule has 0 radical (unpaired) electrons. The normalized spacial score (nSPS) is 20.0. The maximum Gasteiger partial charge on any atom is 0.272 e. The number of halogens is 1. The predicted molar refractivity (Wildman–Crippen MR) is 207 cm³/mol. The van der Waals surface area contributed by atoms with Crippen LogP contribution in [0.4, 0.5) is 4.39 Å². The van der Waals surface area contributed by atoms with E-state index in [0.29, 0.717) is 61.9 Å². The van der Waals surface area contributed by atoms with Gasteiger partial charge in [0, 0.05) is 83.8 Å². The van der Waals surface area contributed by atoms with Gasteiger partial charge in [0.05, 0.1) is 23.7 Å². The van der Waals surface area contributed by atoms with Gasteiger partial charge in [-0.1, -0.05) is 49.6 Å². The molecule has 3 amide bonds. The number of fused-ring (bicyclic) bond motifs is 1. The number of aromatic nitrogens is 2. The number of hydrogen-bond acceptors (Lipinski definition) is 8. The second-order valence-electron chi connectivity index (χ2n) is 15.6. The van der Waals surface area contributed by atoms with E-state index in [4.69, 9.17) is 5.73 Å². The Bertz CT molecular complexity index is 1770. The molecular weight excluding hydrogens is 688 g/mol. The third-order valence-corrected chi connectivity index (χ3v) is 11.9. The molecule has 1 atom stereocenters. The summed E-state index contributed by atoms with van der Waals surface area (Å²) in [5.41, 5.74) is 8.53. The van der Waals surface area contributed by atoms with Gasteiger partial charge in [0.25, 0.3) is 5.56 Å². The molecule has 13 heteroatoms. The maximum atomic E-state index is 13.3. The van der Waals surface area contributed by atoms with Crippen molar-refractivity contribution < 1.29 is 18.8 Å². The Labute approximate surface area is 317 Å². The number of aryl methyl sites for hydroxylation is 1. The summed E-state index contributed by atoms with van der Waals surface area (Å²) in [5.74, 6) is 1.16. The van der Waals surface area contributed by atoms with Crippen molar-refractivity contribution in [3.63, 3.8) is 0 Å². The van der Waals surface area contributed by atoms with Crippen LogP contribution in [0, 0.1) is 24.6 Å². The summed E-state index contributed by atoms with van der Waals surface area (Å²) in [6.07, 6.45) is 9.49. The highest BCUT2D eigenvalue weighted by molar-refractivity contribution is 5.84. The van der Waals surface area contributed by atoms with Crippen LogP contribution < -0.4 is 11.3 Å². The smallest absolute Gasteiger partial charge is 0.272 e. The molecule has 3 saturated heterocycles. The number of nitrogens with zero attached hydrogens (tertiary/aromatic N) is 6. The molecule has 0 spiro atoms. The first-order valence-corrected chi connectivity index (χ1v) is 19.9. The minimum atomic E-state index is -0.304. The van der Waals surface area contributed by atoms with Gasteiger partial charge < -0.3 is 25.3 Å². The van der Waals surface area contributed by atoms with Gasteiger partial charge >= 0.3 is 0 Å². The van der Waals surface area contributed by atoms with Crippen LogP contribution in [0.5, 0.6) is 0 Å². The lowest BCUT2D eigenvalue weighted by molar-refractivity contribution is -0.137. The molecule has 4 heterocycles. The number of amides is 3. The van der Waals surface area contributed by atoms with E-state index in [-0.39, 0.29) is 29.2 Å². The zero-order chi connectivity index (χ0) is 38.0. The minimum Gasteiger partial charge on any atom is -0.342 e. The zero-order valence-corrected chi connectivity index (χ0v) is 31.8. The van der Waals surface area contributed by atoms with Crippen LogP contribution in [0.1, 0.15) is 61.8 Å². The number of rotatable bonds is 9. The Morgan fingerprint density at radius 2 is 1.54 bits per heavy atom. The number of likely N-dealkylation sites (tertiary alicyclic amines) is 1. The Balaban J connectivity index is 0.000000210. The van der Waals surface area contributed by atoms with Gasteiger partial charge in [0.15, 0.2) is 0 Å². The Morgan fingerprint density at radius 3 is 2.20 bits per heavy atom. The van der Waals surface area contributed by atoms with Crippen LogP contribution >= 0.6 is 0 Å². The fourth-order valence-electron chi connectivity index (χ4n) is 8.42. The Hall–Kier alpha value is -4.20. The van der Waals surface area contributed by atoms with Crippen molar-refractivity contribution in [3.05, 3.63) is 75.5 Å². The highest BCUT2D eigenvalue weighted by Gasteiger charge is 2.32. The number of hydrogen-bond donors (Lipinski definition) is 2. The van der Waals surface area contributed by atoms with E-state index in [1.165, 1.54) is 25.3 Å². The molecule has 4 fully saturated rings. The molecule has 1 aliphatic carbocycles. The molecule has 12 nitrogen and oxygen atoms in total. The van der Waals surface area contributed by atoms with Gasteiger partial charge in [-0.05, 0) is 67.7 Å². The van der Waals surface area contributed by atoms with E-state index in [1.807, 2.05) is 28.0 Å². The molecule has 292 valence electrons. The van der Waals surface area contributed by atoms with Crippen molar-refractivity contribution >= 4 is 29.0 Å². The molecule has 3 aliphatic heterocycles. The van der Waals surface area contributed by atoms with Crippen molar-refractivity contribution in [1.29, 1.82) is 0 Å². The summed E-state index contributed by atoms with van der Waals surface area (Å²) in [7, 11) is 0. The van der Waals surface area contributed by atoms with Crippen LogP contribution in [0.15, 0.2) is 47.3 Å². The van der Waals surface area contributed by atoms with Crippen LogP contribution in [0.2, 0.25) is 0 Å². The summed E-state index contributed by atoms with van der Waals surface area (Å²) in [5, 5.41) is 8.09. The SMILES string of the molecule is Cc1cc(Cc2n[nH]c(=O)c3ccccc23)ccc1F.NC(C(=O)N1CCC(CN2CCN(CC(=O)N3CCN(C=O)CC3)CC2)CC1)C1CCCCC1. The lowest BCUT2D eigenvalue weighted by Gasteiger charge is -2.40. The van der Waals surface area contributed by atoms with Gasteiger partial charge in [-0.25, -0.2) is 9.49 Å². The summed E-state index contributed by atoms with van der Waals surface area (Å²) in [4.78, 5) is 58.5. The molecule has 1 unspecified atom stereocenters. The molecule has 54 heavy (non-hydrogen) atoms. The predicted octanol–water partition coefficient (Wildman–Crippen LogP) is 3.01. The fraction of sp³-hybridized carbons (Fsp3) is 0.585. The molecule has 1 saturated carbocycles. The number of nitrogens with one attached hydrogen (secondary N) is 1. The van der Waals surface area contributed by atoms with Crippen molar-refractivity contribution in [2.45, 2.75) is 64.3 Å². The van der Waals surface area contributed by atoms with Crippen molar-refractivity contribution in [2.75, 3.05) is 78.5 Å². The van der Waals surface area contributed by atoms with E-state index in [1.54, 1.807) is 30.0 Å². The number of H-pyrrole nitrogens is 1. The molecule has 3 N–H and O–H groups in total. The lowest BCUT2D eigenvalue weighted by atomic mass is 9.83. The van der Waals surface area contributed by atoms with Gasteiger partial charge in [0.1, 0.15) is 5.82 Å². The van der Waals surface area contributed by atoms with E-state index in [2.05, 4.69) is 20.0 Å². The first-order valence-electron chi connectivity index (χ1n) is 19.9. The number of carbonyl (C=O) groups is 3. The highest BCUT2D eigenvalue weighted by atomic mass is 19.1. The molecule has 7 rings (SSSR count). The van der Waals surface area contributed by atoms with Crippen molar-refractivity contribution in [2.24, 2.45) is 17.6 Å². The van der Waals surface area contributed by atoms with E-state index in [9.17, 15) is 23.6 Å². The zero-order valence-electron chi connectivity index (χ0n) is 31.8. The molecule has 1 aromatic heterocycles. The molecule has 3 aromatic rings. The first-order chi connectivity index (χ1) is 26.2. The van der Waals surface area contributed by atoms with E-state index >= 15 is 0 Å². The third-order valence-electron chi connectivity index (χ3n) is 11.9. The quantitative estimate of drug-likeness (QED) is 0.319. The van der Waals surface area contributed by atoms with Crippen LogP contribution in [-0.2, 0) is 20.8 Å². The highest BCUT2D eigenvalue weighted by Crippen LogP contribution is 2.28. The van der Waals surface area contributed by atoms with Gasteiger partial charge in [-0.15, -0.1) is 0 Å². The van der Waals surface area contributed by atoms with Gasteiger partial charge in [0.2, 0.25) is 18.2 Å². The number of aromatic amines is 1. The monoisotopic (exact) mass is 744 g/mol. The second kappa shape index (κ2) is 18.9. The summed E-state index contributed by atoms with van der Waals surface area (Å²) < 4.78 is 13.3. The number of benzene rings is 2. The van der Waals surface area contributed by atoms with E-state index < -0.39 is 0 Å². The summed E-state index contributed by atoms with van der Waals surface area (Å²) in [6, 6.07) is 12.0. The van der Waals surface area contributed by atoms with E-state index in [0.717, 1.165) is 94.6 Å². The van der Waals surface area contributed by atoms with Crippen LogP contribution in [-0.4, -0.2) is 138 Å². The lowest BCUT2D eigenvalue weighted by Crippen LogP contribution is -2.54. The average Bonchev–Trinajstić information content (AvgIpc) is 3.21. The topological polar surface area (TPSA) is 139 Å². The fourth-order valence-corrected chi connectivity index (χ4v) is 8.42. The Morgan fingerprint density at radius 1 is 0.870 bits per heavy atom. The van der Waals surface area contributed by atoms with Crippen LogP contribution in [0.3, 0.4) is 0 Å². The first kappa shape index (κ1) is 39.5. The largest absolute Gasteiger partial charge is 0.342 e. The second-order valence-corrected chi connectivity index (χ2v) is 15.6. The number of nitrogens with two attached hydrogens (primary N) is 1. The standard InChI is InChI=1S/C25H44N6O3.C16H13FN2O/c26-24(22-4-2-1-3-5-22)25(34)31-8-6-21(7-9-31)18-27-10-12-28(13-11-27)19-23(33)30-16-14-29(20-32)15-17-30;1-10-8-11(6-7-14(10)17)9-15-12-4-2-3-5-13(12)16(20)19-18-15/h20-22,24H,1-19,26H2;2-8H,9H2,1H3,(H,19,20). The van der Waals surface area contributed by atoms with Crippen LogP contribution in [0.25, 0.3) is 10.8 Å². The van der Waals surface area contributed by atoms with Crippen molar-refractivity contribution in [1.82, 2.24) is 34.7 Å². The number of piperazine rings is 2. The van der Waals surface area contributed by atoms with Crippen molar-refractivity contribution in [3.8, 4) is 0 Å². The number of piperidine rings is 1. The minimum absolute atomic E-state index is 0.177. The van der Waals surface area contributed by atoms with Gasteiger partial charge in [-0.3, -0.25) is 24.1 Å². The summed E-state index contributed by atoms with van der Waals surface area (Å²) >= 11 is 0. The maximum absolute atomic E-state index is 13.3. The molecule has 0 bridgehead atoms.